The van der Waals surface area contributed by atoms with Crippen LogP contribution in [0.2, 0.25) is 0 Å². The smallest absolute Gasteiger partial charge is 0.0486 e. The van der Waals surface area contributed by atoms with E-state index in [2.05, 4.69) is 71.6 Å². The Hall–Kier alpha value is -1.24. The second-order valence-electron chi connectivity index (χ2n) is 7.44. The molecule has 0 aliphatic heterocycles. The molecule has 0 unspecified atom stereocenters. The normalized spacial score (nSPS) is 13.3. The molecule has 2 rings (SSSR count). The van der Waals surface area contributed by atoms with E-state index in [0.717, 1.165) is 0 Å². The van der Waals surface area contributed by atoms with Crippen molar-refractivity contribution in [2.75, 3.05) is 0 Å². The molecule has 0 bridgehead atoms. The first kappa shape index (κ1) is 13.2. The van der Waals surface area contributed by atoms with E-state index in [4.69, 9.17) is 0 Å². The lowest BCUT2D eigenvalue weighted by molar-refractivity contribution is 0.574. The third kappa shape index (κ3) is 2.31. The number of aryl methyl sites for hydroxylation is 1. The van der Waals surface area contributed by atoms with Crippen LogP contribution in [0.15, 0.2) is 18.2 Å². The number of fused-ring (bicyclic) bond motifs is 1. The summed E-state index contributed by atoms with van der Waals surface area (Å²) in [7, 11) is 0. The molecule has 0 amide bonds. The maximum Gasteiger partial charge on any atom is 0.0486 e. The highest BCUT2D eigenvalue weighted by Gasteiger charge is 2.19. The van der Waals surface area contributed by atoms with E-state index in [1.807, 2.05) is 0 Å². The van der Waals surface area contributed by atoms with E-state index in [9.17, 15) is 0 Å². The van der Waals surface area contributed by atoms with E-state index >= 15 is 0 Å². The number of hydrogen-bond donors (Lipinski definition) is 1. The molecule has 1 aromatic heterocycles. The fourth-order valence-corrected chi connectivity index (χ4v) is 2.26. The second kappa shape index (κ2) is 3.88. The summed E-state index contributed by atoms with van der Waals surface area (Å²) < 4.78 is 0. The molecule has 0 saturated heterocycles. The summed E-state index contributed by atoms with van der Waals surface area (Å²) >= 11 is 0. The predicted octanol–water partition coefficient (Wildman–Crippen LogP) is 5.07. The topological polar surface area (TPSA) is 15.8 Å². The van der Waals surface area contributed by atoms with Crippen molar-refractivity contribution >= 4 is 10.9 Å². The number of aromatic nitrogens is 1. The van der Waals surface area contributed by atoms with Crippen molar-refractivity contribution in [3.8, 4) is 0 Å². The minimum Gasteiger partial charge on any atom is -0.358 e. The van der Waals surface area contributed by atoms with Crippen LogP contribution in [0.25, 0.3) is 10.9 Å². The van der Waals surface area contributed by atoms with Crippen LogP contribution in [0, 0.1) is 6.92 Å². The second-order valence-corrected chi connectivity index (χ2v) is 7.44. The van der Waals surface area contributed by atoms with Crippen LogP contribution in [0.5, 0.6) is 0 Å². The molecular weight excluding hydrogens is 218 g/mol. The Morgan fingerprint density at radius 3 is 1.94 bits per heavy atom. The Balaban J connectivity index is 2.67. The van der Waals surface area contributed by atoms with Gasteiger partial charge in [0.2, 0.25) is 0 Å². The Kier molecular flexibility index (Phi) is 2.84. The van der Waals surface area contributed by atoms with E-state index in [1.54, 1.807) is 0 Å². The molecule has 1 heteroatoms. The van der Waals surface area contributed by atoms with Crippen LogP contribution >= 0.6 is 0 Å². The van der Waals surface area contributed by atoms with Gasteiger partial charge in [-0.15, -0.1) is 0 Å². The molecular formula is C17H25N. The summed E-state index contributed by atoms with van der Waals surface area (Å²) in [5, 5.41) is 1.34. The molecule has 0 aliphatic rings. The molecule has 1 N–H and O–H groups in total. The van der Waals surface area contributed by atoms with Crippen molar-refractivity contribution in [1.82, 2.24) is 4.98 Å². The molecule has 1 nitrogen and oxygen atoms in total. The van der Waals surface area contributed by atoms with Crippen LogP contribution in [-0.4, -0.2) is 4.98 Å². The van der Waals surface area contributed by atoms with Gasteiger partial charge in [-0.3, -0.25) is 0 Å². The van der Waals surface area contributed by atoms with Crippen LogP contribution in [0.3, 0.4) is 0 Å². The molecule has 18 heavy (non-hydrogen) atoms. The first-order valence-corrected chi connectivity index (χ1v) is 6.73. The van der Waals surface area contributed by atoms with Gasteiger partial charge < -0.3 is 4.98 Å². The highest BCUT2D eigenvalue weighted by molar-refractivity contribution is 5.84. The van der Waals surface area contributed by atoms with Crippen LogP contribution < -0.4 is 0 Å². The zero-order valence-corrected chi connectivity index (χ0v) is 12.7. The summed E-state index contributed by atoms with van der Waals surface area (Å²) in [4.78, 5) is 3.58. The Morgan fingerprint density at radius 1 is 0.833 bits per heavy atom. The van der Waals surface area contributed by atoms with Gasteiger partial charge in [0.05, 0.1) is 0 Å². The summed E-state index contributed by atoms with van der Waals surface area (Å²) in [5.41, 5.74) is 5.73. The average molecular weight is 243 g/mol. The molecule has 1 aromatic carbocycles. The number of nitrogens with one attached hydrogen (secondary N) is 1. The minimum absolute atomic E-state index is 0.174. The quantitative estimate of drug-likeness (QED) is 0.665. The summed E-state index contributed by atoms with van der Waals surface area (Å²) in [6, 6.07) is 6.94. The minimum atomic E-state index is 0.174. The molecule has 98 valence electrons. The Bertz CT molecular complexity index is 574. The van der Waals surface area contributed by atoms with E-state index < -0.39 is 0 Å². The van der Waals surface area contributed by atoms with Gasteiger partial charge in [-0.1, -0.05) is 47.6 Å². The third-order valence-corrected chi connectivity index (χ3v) is 3.60. The van der Waals surface area contributed by atoms with Crippen molar-refractivity contribution < 1.29 is 0 Å². The predicted molar refractivity (Wildman–Crippen MR) is 80.4 cm³/mol. The third-order valence-electron chi connectivity index (χ3n) is 3.60. The van der Waals surface area contributed by atoms with Gasteiger partial charge in [0.25, 0.3) is 0 Å². The molecule has 0 fully saturated rings. The number of rotatable bonds is 0. The van der Waals surface area contributed by atoms with Gasteiger partial charge in [-0.05, 0) is 35.6 Å². The van der Waals surface area contributed by atoms with Crippen molar-refractivity contribution in [2.45, 2.75) is 59.3 Å². The van der Waals surface area contributed by atoms with Crippen molar-refractivity contribution in [3.05, 3.63) is 35.0 Å². The van der Waals surface area contributed by atoms with Gasteiger partial charge in [0.1, 0.15) is 0 Å². The zero-order valence-electron chi connectivity index (χ0n) is 12.7. The maximum atomic E-state index is 3.58. The maximum absolute atomic E-state index is 3.58. The van der Waals surface area contributed by atoms with Crippen molar-refractivity contribution in [3.63, 3.8) is 0 Å². The van der Waals surface area contributed by atoms with Crippen LogP contribution in [-0.2, 0) is 10.8 Å². The van der Waals surface area contributed by atoms with Crippen LogP contribution in [0.4, 0.5) is 0 Å². The van der Waals surface area contributed by atoms with E-state index in [0.29, 0.717) is 0 Å². The number of aromatic amines is 1. The van der Waals surface area contributed by atoms with Gasteiger partial charge in [-0.2, -0.15) is 0 Å². The molecule has 0 radical (unpaired) electrons. The number of benzene rings is 1. The Labute approximate surface area is 111 Å². The molecule has 0 saturated carbocycles. The van der Waals surface area contributed by atoms with E-state index in [1.165, 1.54) is 27.7 Å². The first-order valence-electron chi connectivity index (χ1n) is 6.73. The summed E-state index contributed by atoms with van der Waals surface area (Å²) in [5.74, 6) is 0. The van der Waals surface area contributed by atoms with Gasteiger partial charge in [0, 0.05) is 22.0 Å². The molecule has 0 atom stereocenters. The van der Waals surface area contributed by atoms with Gasteiger partial charge in [-0.25, -0.2) is 0 Å². The summed E-state index contributed by atoms with van der Waals surface area (Å²) in [6.07, 6.45) is 0. The van der Waals surface area contributed by atoms with Gasteiger partial charge >= 0.3 is 0 Å². The number of H-pyrrole nitrogens is 1. The zero-order chi connectivity index (χ0) is 13.7. The van der Waals surface area contributed by atoms with E-state index in [-0.39, 0.29) is 10.8 Å². The first-order chi connectivity index (χ1) is 8.09. The number of hydrogen-bond acceptors (Lipinski definition) is 0. The largest absolute Gasteiger partial charge is 0.358 e. The monoisotopic (exact) mass is 243 g/mol. The van der Waals surface area contributed by atoms with Crippen LogP contribution in [0.1, 0.15) is 58.4 Å². The molecule has 2 aromatic rings. The SMILES string of the molecule is Cc1cc(C(C)(C)C)cc2cc(C(C)(C)C)[nH]c12. The molecule has 1 heterocycles. The standard InChI is InChI=1S/C17H25N/c1-11-8-13(16(2,3)4)9-12-10-14(17(5,6)7)18-15(11)12/h8-10,18H,1-7H3. The van der Waals surface area contributed by atoms with Crippen molar-refractivity contribution in [1.29, 1.82) is 0 Å². The highest BCUT2D eigenvalue weighted by Crippen LogP contribution is 2.31. The molecule has 0 spiro atoms. The summed E-state index contributed by atoms with van der Waals surface area (Å²) in [6.45, 7) is 15.7. The molecule has 0 aliphatic carbocycles. The van der Waals surface area contributed by atoms with Gasteiger partial charge in [0.15, 0.2) is 0 Å². The Morgan fingerprint density at radius 2 is 1.44 bits per heavy atom. The van der Waals surface area contributed by atoms with Crippen molar-refractivity contribution in [2.24, 2.45) is 0 Å². The lowest BCUT2D eigenvalue weighted by atomic mass is 9.85. The fourth-order valence-electron chi connectivity index (χ4n) is 2.26. The lowest BCUT2D eigenvalue weighted by Crippen LogP contribution is -2.11. The fraction of sp³-hybridized carbons (Fsp3) is 0.529. The average Bonchev–Trinajstić information content (AvgIpc) is 2.59. The lowest BCUT2D eigenvalue weighted by Gasteiger charge is -2.19. The highest BCUT2D eigenvalue weighted by atomic mass is 14.7.